The molecule has 1 aromatic carbocycles. The number of nitrogens with one attached hydrogen (secondary N) is 1. The van der Waals surface area contributed by atoms with E-state index in [9.17, 15) is 14.0 Å². The van der Waals surface area contributed by atoms with Crippen LogP contribution in [0.4, 0.5) is 4.39 Å². The molecule has 2 aromatic rings. The fraction of sp³-hybridized carbons (Fsp3) is 0.409. The van der Waals surface area contributed by atoms with Crippen molar-refractivity contribution >= 4 is 23.3 Å². The Morgan fingerprint density at radius 1 is 1.24 bits per heavy atom. The molecule has 0 atom stereocenters. The van der Waals surface area contributed by atoms with Gasteiger partial charge in [-0.15, -0.1) is 0 Å². The smallest absolute Gasteiger partial charge is 0.258 e. The van der Waals surface area contributed by atoms with E-state index in [4.69, 9.17) is 16.3 Å². The third-order valence-corrected chi connectivity index (χ3v) is 6.17. The zero-order valence-corrected chi connectivity index (χ0v) is 16.9. The first kappa shape index (κ1) is 19.8. The number of Topliss-reactive ketones (excluding diaryl/α,β-unsaturated/α-hetero) is 1. The van der Waals surface area contributed by atoms with Crippen molar-refractivity contribution in [3.63, 3.8) is 0 Å². The van der Waals surface area contributed by atoms with Gasteiger partial charge in [-0.3, -0.25) is 14.6 Å². The van der Waals surface area contributed by atoms with E-state index in [-0.39, 0.29) is 40.0 Å². The Hall–Kier alpha value is -2.47. The predicted molar refractivity (Wildman–Crippen MR) is 107 cm³/mol. The molecule has 5 nitrogen and oxygen atoms in total. The molecule has 152 valence electrons. The summed E-state index contributed by atoms with van der Waals surface area (Å²) < 4.78 is 18.7. The summed E-state index contributed by atoms with van der Waals surface area (Å²) in [5, 5.41) is 3.01. The molecule has 1 aromatic heterocycles. The zero-order chi connectivity index (χ0) is 20.6. The van der Waals surface area contributed by atoms with Crippen LogP contribution in [-0.4, -0.2) is 28.8 Å². The van der Waals surface area contributed by atoms with Gasteiger partial charge in [-0.25, -0.2) is 4.39 Å². The number of ether oxygens (including phenoxy) is 1. The Morgan fingerprint density at radius 2 is 2.00 bits per heavy atom. The van der Waals surface area contributed by atoms with Gasteiger partial charge in [0.15, 0.2) is 12.4 Å². The Morgan fingerprint density at radius 3 is 2.69 bits per heavy atom. The van der Waals surface area contributed by atoms with Crippen molar-refractivity contribution < 1.29 is 18.7 Å². The summed E-state index contributed by atoms with van der Waals surface area (Å²) in [6.07, 6.45) is 5.39. The van der Waals surface area contributed by atoms with Crippen LogP contribution in [0, 0.1) is 11.2 Å². The number of pyridine rings is 1. The quantitative estimate of drug-likeness (QED) is 0.657. The van der Waals surface area contributed by atoms with Crippen LogP contribution in [0.25, 0.3) is 0 Å². The van der Waals surface area contributed by atoms with Gasteiger partial charge in [0, 0.05) is 24.2 Å². The van der Waals surface area contributed by atoms with Crippen molar-refractivity contribution in [2.24, 2.45) is 5.41 Å². The van der Waals surface area contributed by atoms with E-state index < -0.39 is 5.82 Å². The van der Waals surface area contributed by atoms with E-state index in [1.165, 1.54) is 12.1 Å². The van der Waals surface area contributed by atoms with Crippen LogP contribution in [0.1, 0.15) is 48.7 Å². The maximum absolute atomic E-state index is 13.4. The van der Waals surface area contributed by atoms with Crippen LogP contribution >= 0.6 is 11.6 Å². The fourth-order valence-electron chi connectivity index (χ4n) is 4.64. The number of hydrogen-bond donors (Lipinski definition) is 1. The predicted octanol–water partition coefficient (Wildman–Crippen LogP) is 4.13. The molecule has 7 heteroatoms. The minimum Gasteiger partial charge on any atom is -0.484 e. The van der Waals surface area contributed by atoms with Gasteiger partial charge in [0.25, 0.3) is 5.91 Å². The summed E-state index contributed by atoms with van der Waals surface area (Å²) in [4.78, 5) is 29.0. The molecular formula is C22H22ClFN2O3. The summed E-state index contributed by atoms with van der Waals surface area (Å²) >= 11 is 5.63. The molecule has 1 heterocycles. The van der Waals surface area contributed by atoms with Crippen LogP contribution in [0.3, 0.4) is 0 Å². The normalized spacial score (nSPS) is 24.2. The number of halogens is 2. The number of amides is 1. The Kier molecular flexibility index (Phi) is 5.07. The molecule has 0 aliphatic heterocycles. The molecular weight excluding hydrogens is 395 g/mol. The monoisotopic (exact) mass is 416 g/mol. The lowest BCUT2D eigenvalue weighted by atomic mass is 9.38. The third kappa shape index (κ3) is 3.99. The van der Waals surface area contributed by atoms with Gasteiger partial charge in [0.05, 0.1) is 5.02 Å². The van der Waals surface area contributed by atoms with E-state index in [0.29, 0.717) is 12.1 Å². The molecule has 1 N–H and O–H groups in total. The summed E-state index contributed by atoms with van der Waals surface area (Å²) in [7, 11) is 0. The van der Waals surface area contributed by atoms with E-state index in [1.807, 2.05) is 19.1 Å². The van der Waals surface area contributed by atoms with Crippen molar-refractivity contribution in [1.29, 1.82) is 0 Å². The van der Waals surface area contributed by atoms with Crippen LogP contribution in [0.5, 0.6) is 5.75 Å². The van der Waals surface area contributed by atoms with Gasteiger partial charge in [0.1, 0.15) is 17.3 Å². The van der Waals surface area contributed by atoms with Crippen molar-refractivity contribution in [2.45, 2.75) is 44.6 Å². The lowest BCUT2D eigenvalue weighted by Gasteiger charge is -2.70. The topological polar surface area (TPSA) is 68.3 Å². The van der Waals surface area contributed by atoms with Gasteiger partial charge < -0.3 is 10.1 Å². The number of nitrogens with zero attached hydrogens (tertiary/aromatic N) is 1. The zero-order valence-electron chi connectivity index (χ0n) is 16.1. The molecule has 3 aliphatic carbocycles. The van der Waals surface area contributed by atoms with E-state index in [0.717, 1.165) is 37.3 Å². The number of aromatic nitrogens is 1. The molecule has 3 fully saturated rings. The molecule has 0 spiro atoms. The summed E-state index contributed by atoms with van der Waals surface area (Å²) in [5.74, 6) is -0.525. The summed E-state index contributed by atoms with van der Waals surface area (Å²) in [6.45, 7) is 1.85. The number of carbonyl (C=O) groups excluding carboxylic acids is 2. The molecule has 0 unspecified atom stereocenters. The minimum atomic E-state index is -0.588. The Labute approximate surface area is 173 Å². The van der Waals surface area contributed by atoms with Gasteiger partial charge in [-0.1, -0.05) is 18.5 Å². The van der Waals surface area contributed by atoms with Crippen LogP contribution < -0.4 is 10.1 Å². The summed E-state index contributed by atoms with van der Waals surface area (Å²) in [5.41, 5.74) is 1.38. The van der Waals surface area contributed by atoms with Gasteiger partial charge in [-0.2, -0.15) is 0 Å². The SMILES string of the molecule is CCc1ccnc(C(=O)CC23CC(NC(=O)COc4ccc(Cl)c(F)c4)(C2)C3)c1. The standard InChI is InChI=1S/C22H22ClFN2O3/c1-2-14-5-6-25-18(7-14)19(27)9-21-11-22(12-21,13-21)26-20(28)10-29-15-3-4-16(23)17(24)8-15/h3-8H,2,9-13H2,1H3,(H,26,28). The van der Waals surface area contributed by atoms with Crippen molar-refractivity contribution in [2.75, 3.05) is 6.61 Å². The van der Waals surface area contributed by atoms with Crippen molar-refractivity contribution in [1.82, 2.24) is 10.3 Å². The molecule has 3 saturated carbocycles. The second kappa shape index (κ2) is 7.41. The molecule has 29 heavy (non-hydrogen) atoms. The van der Waals surface area contributed by atoms with Crippen LogP contribution in [0.2, 0.25) is 5.02 Å². The highest BCUT2D eigenvalue weighted by molar-refractivity contribution is 6.30. The maximum atomic E-state index is 13.4. The highest BCUT2D eigenvalue weighted by Gasteiger charge is 2.68. The first-order chi connectivity index (χ1) is 13.8. The highest BCUT2D eigenvalue weighted by atomic mass is 35.5. The second-order valence-electron chi connectivity index (χ2n) is 8.23. The molecule has 3 aliphatic rings. The molecule has 0 radical (unpaired) electrons. The van der Waals surface area contributed by atoms with E-state index >= 15 is 0 Å². The highest BCUT2D eigenvalue weighted by Crippen LogP contribution is 2.69. The first-order valence-electron chi connectivity index (χ1n) is 9.69. The van der Waals surface area contributed by atoms with Crippen LogP contribution in [0.15, 0.2) is 36.5 Å². The number of ketones is 1. The average molecular weight is 417 g/mol. The maximum Gasteiger partial charge on any atom is 0.258 e. The second-order valence-corrected chi connectivity index (χ2v) is 8.63. The largest absolute Gasteiger partial charge is 0.484 e. The molecule has 0 saturated heterocycles. The fourth-order valence-corrected chi connectivity index (χ4v) is 4.76. The lowest BCUT2D eigenvalue weighted by molar-refractivity contribution is -0.164. The lowest BCUT2D eigenvalue weighted by Crippen LogP contribution is -2.75. The number of benzene rings is 1. The van der Waals surface area contributed by atoms with E-state index in [1.54, 1.807) is 6.20 Å². The summed E-state index contributed by atoms with van der Waals surface area (Å²) in [6, 6.07) is 7.84. The number of hydrogen-bond acceptors (Lipinski definition) is 4. The number of aryl methyl sites for hydroxylation is 1. The minimum absolute atomic E-state index is 0.00661. The van der Waals surface area contributed by atoms with Gasteiger partial charge in [0.2, 0.25) is 0 Å². The van der Waals surface area contributed by atoms with Gasteiger partial charge >= 0.3 is 0 Å². The molecule has 5 rings (SSSR count). The van der Waals surface area contributed by atoms with Crippen LogP contribution in [-0.2, 0) is 11.2 Å². The van der Waals surface area contributed by atoms with Crippen molar-refractivity contribution in [3.8, 4) is 5.75 Å². The average Bonchev–Trinajstić information content (AvgIpc) is 2.66. The van der Waals surface area contributed by atoms with Gasteiger partial charge in [-0.05, 0) is 60.9 Å². The molecule has 2 bridgehead atoms. The van der Waals surface area contributed by atoms with Crippen molar-refractivity contribution in [3.05, 3.63) is 58.6 Å². The molecule has 1 amide bonds. The Balaban J connectivity index is 1.24. The Bertz CT molecular complexity index is 959. The number of carbonyl (C=O) groups is 2. The first-order valence-corrected chi connectivity index (χ1v) is 10.1. The third-order valence-electron chi connectivity index (χ3n) is 5.86. The number of rotatable bonds is 8. The van der Waals surface area contributed by atoms with E-state index in [2.05, 4.69) is 10.3 Å².